The van der Waals surface area contributed by atoms with Gasteiger partial charge in [-0.3, -0.25) is 4.90 Å². The zero-order chi connectivity index (χ0) is 25.7. The quantitative estimate of drug-likeness (QED) is 0.538. The van der Waals surface area contributed by atoms with E-state index < -0.39 is 14.4 Å². The average molecular weight is 513 g/mol. The van der Waals surface area contributed by atoms with Crippen molar-refractivity contribution in [2.24, 2.45) is 17.3 Å². The van der Waals surface area contributed by atoms with E-state index in [9.17, 15) is 9.90 Å². The lowest BCUT2D eigenvalue weighted by Crippen LogP contribution is -2.70. The van der Waals surface area contributed by atoms with Crippen LogP contribution in [0.5, 0.6) is 5.75 Å². The number of piperidine rings is 1. The fraction of sp³-hybridized carbons (Fsp3) is 0.759. The number of methoxy groups -OCH3 is 1. The van der Waals surface area contributed by atoms with Gasteiger partial charge < -0.3 is 19.2 Å². The molecule has 3 aliphatic carbocycles. The third kappa shape index (κ3) is 3.11. The van der Waals surface area contributed by atoms with Gasteiger partial charge in [-0.1, -0.05) is 26.8 Å². The Morgan fingerprint density at radius 2 is 2.03 bits per heavy atom. The molecule has 2 heterocycles. The fourth-order valence-corrected chi connectivity index (χ4v) is 10.4. The van der Waals surface area contributed by atoms with Crippen molar-refractivity contribution in [3.8, 4) is 5.75 Å². The van der Waals surface area contributed by atoms with E-state index in [-0.39, 0.29) is 21.9 Å². The molecule has 2 saturated carbocycles. The summed E-state index contributed by atoms with van der Waals surface area (Å²) in [6, 6.07) is 7.42. The molecule has 7 heteroatoms. The summed E-state index contributed by atoms with van der Waals surface area (Å²) >= 11 is 0. The number of ether oxygens (including phenoxy) is 1. The van der Waals surface area contributed by atoms with Crippen LogP contribution >= 0.6 is 0 Å². The minimum atomic E-state index is -1.78. The predicted molar refractivity (Wildman–Crippen MR) is 143 cm³/mol. The number of benzene rings is 1. The van der Waals surface area contributed by atoms with E-state index in [0.717, 1.165) is 51.1 Å². The van der Waals surface area contributed by atoms with E-state index in [1.165, 1.54) is 17.5 Å². The van der Waals surface area contributed by atoms with E-state index >= 15 is 0 Å². The number of hydrogen-bond donors (Lipinski definition) is 1. The van der Waals surface area contributed by atoms with E-state index in [4.69, 9.17) is 9.16 Å². The summed E-state index contributed by atoms with van der Waals surface area (Å²) in [5.74, 6) is 1.84. The summed E-state index contributed by atoms with van der Waals surface area (Å²) in [5.41, 5.74) is 3.24. The summed E-state index contributed by atoms with van der Waals surface area (Å²) in [5, 5.41) is 10.3. The minimum Gasteiger partial charge on any atom is -0.497 e. The van der Waals surface area contributed by atoms with Crippen molar-refractivity contribution in [3.63, 3.8) is 0 Å². The maximum atomic E-state index is 12.2. The average Bonchev–Trinajstić information content (AvgIpc) is 3.26. The van der Waals surface area contributed by atoms with Gasteiger partial charge in [-0.05, 0) is 97.3 Å². The number of carbonyl (C=O) groups is 1. The van der Waals surface area contributed by atoms with Crippen LogP contribution in [0.1, 0.15) is 57.6 Å². The van der Waals surface area contributed by atoms with Gasteiger partial charge in [-0.15, -0.1) is 0 Å². The zero-order valence-electron chi connectivity index (χ0n) is 23.0. The molecule has 1 amide bonds. The topological polar surface area (TPSA) is 62.2 Å². The van der Waals surface area contributed by atoms with Crippen molar-refractivity contribution < 1.29 is 19.1 Å². The van der Waals surface area contributed by atoms with E-state index in [1.54, 1.807) is 12.0 Å². The molecule has 2 saturated heterocycles. The van der Waals surface area contributed by atoms with Gasteiger partial charge >= 0.3 is 6.09 Å². The molecule has 0 radical (unpaired) electrons. The summed E-state index contributed by atoms with van der Waals surface area (Å²) in [7, 11) is -0.0141. The van der Waals surface area contributed by atoms with Crippen LogP contribution in [-0.2, 0) is 16.3 Å². The summed E-state index contributed by atoms with van der Waals surface area (Å²) in [6.45, 7) is 15.3. The zero-order valence-corrected chi connectivity index (χ0v) is 24.0. The molecular formula is C29H44N2O4Si. The largest absolute Gasteiger partial charge is 0.497 e. The van der Waals surface area contributed by atoms with Crippen LogP contribution in [0.25, 0.3) is 0 Å². The van der Waals surface area contributed by atoms with Gasteiger partial charge in [0.1, 0.15) is 5.75 Å². The van der Waals surface area contributed by atoms with Crippen molar-refractivity contribution >= 4 is 14.4 Å². The van der Waals surface area contributed by atoms with Crippen LogP contribution in [-0.4, -0.2) is 74.8 Å². The number of likely N-dealkylation sites (tertiary alicyclic amines) is 2. The molecule has 198 valence electrons. The summed E-state index contributed by atoms with van der Waals surface area (Å²) < 4.78 is 12.4. The van der Waals surface area contributed by atoms with Gasteiger partial charge in [0, 0.05) is 37.2 Å². The molecule has 6 atom stereocenters. The number of rotatable bonds is 5. The Bertz CT molecular complexity index is 1070. The second-order valence-electron chi connectivity index (χ2n) is 13.8. The normalized spacial score (nSPS) is 37.0. The third-order valence-corrected chi connectivity index (χ3v) is 16.2. The smallest absolute Gasteiger partial charge is 0.407 e. The first-order valence-electron chi connectivity index (χ1n) is 14.0. The van der Waals surface area contributed by atoms with Crippen LogP contribution in [0.4, 0.5) is 4.79 Å². The van der Waals surface area contributed by atoms with Crippen molar-refractivity contribution in [1.29, 1.82) is 0 Å². The number of carboxylic acid groups (broad SMARTS) is 1. The molecule has 5 aliphatic rings. The molecule has 0 spiro atoms. The van der Waals surface area contributed by atoms with Crippen LogP contribution in [0.3, 0.4) is 0 Å². The second-order valence-corrected chi connectivity index (χ2v) is 18.6. The highest BCUT2D eigenvalue weighted by Crippen LogP contribution is 2.75. The Morgan fingerprint density at radius 1 is 1.25 bits per heavy atom. The maximum absolute atomic E-state index is 12.2. The standard InChI is InChI=1S/C29H44N2O4Si/c1-27(2,3)36(5,6)35-14-13-30-12-11-29-22-16-21(34-4)8-7-19(22)15-24(30)28(29)10-9-23-25(29)20(17-28)18-31(23)26(32)33/h7-8,16,20,23-25H,9-15,17-18H2,1-6H3,(H,32,33)/t20-,23?,24-,25?,28-,29+/m1/s1. The van der Waals surface area contributed by atoms with Gasteiger partial charge in [0.05, 0.1) is 7.11 Å². The molecular weight excluding hydrogens is 468 g/mol. The molecule has 2 aliphatic heterocycles. The first-order valence-corrected chi connectivity index (χ1v) is 16.9. The van der Waals surface area contributed by atoms with E-state index in [2.05, 4.69) is 57.0 Å². The highest BCUT2D eigenvalue weighted by atomic mass is 28.4. The maximum Gasteiger partial charge on any atom is 0.407 e. The summed E-state index contributed by atoms with van der Waals surface area (Å²) in [4.78, 5) is 16.8. The van der Waals surface area contributed by atoms with Crippen LogP contribution in [0.2, 0.25) is 18.1 Å². The second kappa shape index (κ2) is 7.97. The third-order valence-electron chi connectivity index (χ3n) is 11.7. The van der Waals surface area contributed by atoms with Crippen molar-refractivity contribution in [1.82, 2.24) is 9.80 Å². The Morgan fingerprint density at radius 3 is 2.72 bits per heavy atom. The molecule has 0 aromatic heterocycles. The molecule has 4 bridgehead atoms. The lowest BCUT2D eigenvalue weighted by Gasteiger charge is -2.66. The Balaban J connectivity index is 1.37. The monoisotopic (exact) mass is 512 g/mol. The Hall–Kier alpha value is -1.57. The van der Waals surface area contributed by atoms with Crippen LogP contribution in [0, 0.1) is 17.3 Å². The molecule has 1 aromatic carbocycles. The molecule has 1 aromatic rings. The number of amides is 1. The van der Waals surface area contributed by atoms with Gasteiger partial charge in [0.25, 0.3) is 0 Å². The van der Waals surface area contributed by atoms with Crippen molar-refractivity contribution in [2.45, 2.75) is 88.5 Å². The van der Waals surface area contributed by atoms with Crippen molar-refractivity contribution in [3.05, 3.63) is 29.3 Å². The Labute approximate surface area is 217 Å². The number of hydrogen-bond acceptors (Lipinski definition) is 4. The highest BCUT2D eigenvalue weighted by Gasteiger charge is 2.76. The molecule has 4 fully saturated rings. The van der Waals surface area contributed by atoms with Crippen LogP contribution in [0.15, 0.2) is 18.2 Å². The fourth-order valence-electron chi connectivity index (χ4n) is 9.33. The first kappa shape index (κ1) is 24.7. The molecule has 1 N–H and O–H groups in total. The van der Waals surface area contributed by atoms with Crippen LogP contribution < -0.4 is 4.74 Å². The van der Waals surface area contributed by atoms with E-state index in [1.807, 2.05) is 0 Å². The van der Waals surface area contributed by atoms with E-state index in [0.29, 0.717) is 24.4 Å². The minimum absolute atomic E-state index is 0.0639. The lowest BCUT2D eigenvalue weighted by molar-refractivity contribution is -0.103. The molecule has 2 unspecified atom stereocenters. The van der Waals surface area contributed by atoms with Gasteiger partial charge in [-0.25, -0.2) is 4.79 Å². The number of nitrogens with zero attached hydrogens (tertiary/aromatic N) is 2. The summed E-state index contributed by atoms with van der Waals surface area (Å²) in [6.07, 6.45) is 4.80. The highest BCUT2D eigenvalue weighted by molar-refractivity contribution is 6.74. The molecule has 36 heavy (non-hydrogen) atoms. The molecule has 6 rings (SSSR count). The van der Waals surface area contributed by atoms with Gasteiger partial charge in [0.15, 0.2) is 8.32 Å². The number of fused-ring (bicyclic) bond motifs is 1. The molecule has 6 nitrogen and oxygen atoms in total. The van der Waals surface area contributed by atoms with Gasteiger partial charge in [0.2, 0.25) is 0 Å². The van der Waals surface area contributed by atoms with Crippen molar-refractivity contribution in [2.75, 3.05) is 33.4 Å². The Kier molecular flexibility index (Phi) is 5.48. The first-order chi connectivity index (χ1) is 16.9. The van der Waals surface area contributed by atoms with Gasteiger partial charge in [-0.2, -0.15) is 0 Å². The predicted octanol–water partition coefficient (Wildman–Crippen LogP) is 5.36. The SMILES string of the molecule is COc1ccc2c(c1)[C@]13CCN(CCO[Si](C)(C)C(C)(C)C)[C@H](C2)[C@]12CCC1C3[C@@H](CN1C(=O)O)C2. The lowest BCUT2D eigenvalue weighted by atomic mass is 9.43.